The van der Waals surface area contributed by atoms with Crippen molar-refractivity contribution in [2.24, 2.45) is 11.1 Å². The first-order valence-electron chi connectivity index (χ1n) is 8.87. The first-order valence-corrected chi connectivity index (χ1v) is 8.87. The van der Waals surface area contributed by atoms with Gasteiger partial charge in [-0.1, -0.05) is 44.2 Å². The molecule has 4 nitrogen and oxygen atoms in total. The first-order chi connectivity index (χ1) is 11.7. The Hall–Kier alpha value is -2.07. The number of aryl methyl sites for hydroxylation is 1. The number of carbonyl (C=O) groups is 1. The number of hydrogen-bond donors (Lipinski definition) is 1. The first kappa shape index (κ1) is 19.3. The Morgan fingerprint density at radius 3 is 2.40 bits per heavy atom. The molecular formula is C21H31N3O. The summed E-state index contributed by atoms with van der Waals surface area (Å²) in [6, 6.07) is 12.6. The Bertz CT molecular complexity index is 731. The van der Waals surface area contributed by atoms with Crippen LogP contribution in [0.25, 0.3) is 0 Å². The summed E-state index contributed by atoms with van der Waals surface area (Å²) in [5.74, 6) is 0.0566. The number of carbonyl (C=O) groups excluding carboxylic acids is 1. The van der Waals surface area contributed by atoms with Gasteiger partial charge < -0.3 is 15.2 Å². The molecule has 0 aliphatic carbocycles. The van der Waals surface area contributed by atoms with Gasteiger partial charge in [-0.3, -0.25) is 4.79 Å². The predicted molar refractivity (Wildman–Crippen MR) is 104 cm³/mol. The highest BCUT2D eigenvalue weighted by molar-refractivity contribution is 5.95. The van der Waals surface area contributed by atoms with Gasteiger partial charge in [0, 0.05) is 25.0 Å². The molecule has 0 bridgehead atoms. The van der Waals surface area contributed by atoms with Gasteiger partial charge in [0.1, 0.15) is 0 Å². The molecule has 25 heavy (non-hydrogen) atoms. The fraction of sp³-hybridized carbons (Fsp3) is 0.476. The molecule has 2 rings (SSSR count). The Morgan fingerprint density at radius 1 is 1.24 bits per heavy atom. The van der Waals surface area contributed by atoms with Crippen LogP contribution in [-0.2, 0) is 0 Å². The van der Waals surface area contributed by atoms with E-state index in [4.69, 9.17) is 5.73 Å². The van der Waals surface area contributed by atoms with Crippen molar-refractivity contribution in [3.05, 3.63) is 58.9 Å². The molecule has 0 aliphatic heterocycles. The zero-order valence-corrected chi connectivity index (χ0v) is 16.3. The summed E-state index contributed by atoms with van der Waals surface area (Å²) in [7, 11) is 1.85. The van der Waals surface area contributed by atoms with Gasteiger partial charge in [0.15, 0.2) is 0 Å². The third-order valence-corrected chi connectivity index (χ3v) is 4.95. The van der Waals surface area contributed by atoms with Crippen LogP contribution in [0.2, 0.25) is 0 Å². The van der Waals surface area contributed by atoms with E-state index in [1.165, 1.54) is 5.56 Å². The molecule has 0 saturated heterocycles. The molecule has 0 saturated carbocycles. The predicted octanol–water partition coefficient (Wildman–Crippen LogP) is 3.77. The second-order valence-electron chi connectivity index (χ2n) is 7.77. The molecule has 0 fully saturated rings. The Balaban J connectivity index is 2.31. The number of nitrogens with two attached hydrogens (primary N) is 1. The van der Waals surface area contributed by atoms with E-state index < -0.39 is 0 Å². The van der Waals surface area contributed by atoms with E-state index in [-0.39, 0.29) is 17.4 Å². The molecule has 1 aromatic carbocycles. The van der Waals surface area contributed by atoms with Crippen molar-refractivity contribution in [1.29, 1.82) is 0 Å². The van der Waals surface area contributed by atoms with Crippen LogP contribution in [0.3, 0.4) is 0 Å². The van der Waals surface area contributed by atoms with Gasteiger partial charge >= 0.3 is 0 Å². The summed E-state index contributed by atoms with van der Waals surface area (Å²) < 4.78 is 2.24. The van der Waals surface area contributed by atoms with Crippen LogP contribution in [0.4, 0.5) is 0 Å². The zero-order valence-electron chi connectivity index (χ0n) is 16.3. The maximum atomic E-state index is 13.0. The van der Waals surface area contributed by atoms with Crippen LogP contribution < -0.4 is 5.73 Å². The SMILES string of the molecule is Cc1cc(C(=O)N(C)CC(C)(C)CN)c(C)n1C(C)c1ccccc1. The third kappa shape index (κ3) is 4.13. The minimum absolute atomic E-state index is 0.0566. The summed E-state index contributed by atoms with van der Waals surface area (Å²) in [6.07, 6.45) is 0. The highest BCUT2D eigenvalue weighted by Crippen LogP contribution is 2.26. The van der Waals surface area contributed by atoms with Gasteiger partial charge in [-0.2, -0.15) is 0 Å². The van der Waals surface area contributed by atoms with Crippen LogP contribution in [-0.4, -0.2) is 35.5 Å². The summed E-state index contributed by atoms with van der Waals surface area (Å²) in [6.45, 7) is 11.6. The second-order valence-corrected chi connectivity index (χ2v) is 7.77. The standard InChI is InChI=1S/C21H31N3O/c1-15-12-19(20(25)23(6)14-21(4,5)13-22)17(3)24(15)16(2)18-10-8-7-9-11-18/h7-12,16H,13-14,22H2,1-6H3. The Labute approximate surface area is 151 Å². The molecule has 1 unspecified atom stereocenters. The van der Waals surface area contributed by atoms with Crippen molar-refractivity contribution in [2.75, 3.05) is 20.1 Å². The molecule has 1 amide bonds. The molecule has 0 spiro atoms. The molecule has 136 valence electrons. The molecule has 2 N–H and O–H groups in total. The minimum Gasteiger partial charge on any atom is -0.341 e. The van der Waals surface area contributed by atoms with E-state index in [1.54, 1.807) is 4.90 Å². The molecule has 0 radical (unpaired) electrons. The normalized spacial score (nSPS) is 12.9. The molecular weight excluding hydrogens is 310 g/mol. The summed E-state index contributed by atoms with van der Waals surface area (Å²) in [4.78, 5) is 14.7. The summed E-state index contributed by atoms with van der Waals surface area (Å²) in [5, 5.41) is 0. The van der Waals surface area contributed by atoms with Crippen LogP contribution in [0, 0.1) is 19.3 Å². The molecule has 4 heteroatoms. The maximum Gasteiger partial charge on any atom is 0.255 e. The van der Waals surface area contributed by atoms with Crippen LogP contribution >= 0.6 is 0 Å². The molecule has 1 aromatic heterocycles. The van der Waals surface area contributed by atoms with Crippen molar-refractivity contribution in [3.8, 4) is 0 Å². The number of rotatable bonds is 6. The van der Waals surface area contributed by atoms with Crippen molar-refractivity contribution in [2.45, 2.75) is 40.7 Å². The lowest BCUT2D eigenvalue weighted by molar-refractivity contribution is 0.0739. The van der Waals surface area contributed by atoms with E-state index in [9.17, 15) is 4.79 Å². The van der Waals surface area contributed by atoms with E-state index in [1.807, 2.05) is 26.1 Å². The van der Waals surface area contributed by atoms with E-state index in [0.29, 0.717) is 13.1 Å². The smallest absolute Gasteiger partial charge is 0.255 e. The topological polar surface area (TPSA) is 51.3 Å². The molecule has 1 atom stereocenters. The maximum absolute atomic E-state index is 13.0. The van der Waals surface area contributed by atoms with Crippen molar-refractivity contribution >= 4 is 5.91 Å². The highest BCUT2D eigenvalue weighted by Gasteiger charge is 2.25. The van der Waals surface area contributed by atoms with Crippen LogP contribution in [0.5, 0.6) is 0 Å². The van der Waals surface area contributed by atoms with Crippen molar-refractivity contribution in [3.63, 3.8) is 0 Å². The van der Waals surface area contributed by atoms with E-state index in [2.05, 4.69) is 56.5 Å². The number of amides is 1. The monoisotopic (exact) mass is 341 g/mol. The van der Waals surface area contributed by atoms with E-state index >= 15 is 0 Å². The van der Waals surface area contributed by atoms with Crippen LogP contribution in [0.1, 0.15) is 54.1 Å². The zero-order chi connectivity index (χ0) is 18.8. The fourth-order valence-corrected chi connectivity index (χ4v) is 3.45. The average molecular weight is 341 g/mol. The van der Waals surface area contributed by atoms with Gasteiger partial charge in [0.2, 0.25) is 0 Å². The van der Waals surface area contributed by atoms with E-state index in [0.717, 1.165) is 17.0 Å². The molecule has 0 aliphatic rings. The van der Waals surface area contributed by atoms with Gasteiger partial charge in [0.05, 0.1) is 11.6 Å². The lowest BCUT2D eigenvalue weighted by Gasteiger charge is -2.29. The minimum atomic E-state index is -0.0900. The van der Waals surface area contributed by atoms with Gasteiger partial charge in [0.25, 0.3) is 5.91 Å². The Morgan fingerprint density at radius 2 is 1.84 bits per heavy atom. The highest BCUT2D eigenvalue weighted by atomic mass is 16.2. The fourth-order valence-electron chi connectivity index (χ4n) is 3.45. The van der Waals surface area contributed by atoms with Gasteiger partial charge in [-0.05, 0) is 44.4 Å². The lowest BCUT2D eigenvalue weighted by Crippen LogP contribution is -2.39. The quantitative estimate of drug-likeness (QED) is 0.869. The number of benzene rings is 1. The summed E-state index contributed by atoms with van der Waals surface area (Å²) in [5.41, 5.74) is 9.85. The Kier molecular flexibility index (Phi) is 5.73. The average Bonchev–Trinajstić information content (AvgIpc) is 2.88. The lowest BCUT2D eigenvalue weighted by atomic mass is 9.93. The van der Waals surface area contributed by atoms with Gasteiger partial charge in [-0.25, -0.2) is 0 Å². The number of aromatic nitrogens is 1. The third-order valence-electron chi connectivity index (χ3n) is 4.95. The number of nitrogens with zero attached hydrogens (tertiary/aromatic N) is 2. The van der Waals surface area contributed by atoms with Crippen LogP contribution in [0.15, 0.2) is 36.4 Å². The molecule has 1 heterocycles. The molecule has 2 aromatic rings. The van der Waals surface area contributed by atoms with Gasteiger partial charge in [-0.15, -0.1) is 0 Å². The second kappa shape index (κ2) is 7.44. The van der Waals surface area contributed by atoms with Crippen molar-refractivity contribution in [1.82, 2.24) is 9.47 Å². The summed E-state index contributed by atoms with van der Waals surface area (Å²) >= 11 is 0. The largest absolute Gasteiger partial charge is 0.341 e. The van der Waals surface area contributed by atoms with Crippen molar-refractivity contribution < 1.29 is 4.79 Å². The number of hydrogen-bond acceptors (Lipinski definition) is 2.